The van der Waals surface area contributed by atoms with Crippen LogP contribution >= 0.6 is 0 Å². The summed E-state index contributed by atoms with van der Waals surface area (Å²) >= 11 is 0. The summed E-state index contributed by atoms with van der Waals surface area (Å²) in [6.45, 7) is 0.801. The summed E-state index contributed by atoms with van der Waals surface area (Å²) in [7, 11) is 1.78. The average Bonchev–Trinajstić information content (AvgIpc) is 2.69. The van der Waals surface area contributed by atoms with E-state index in [1.54, 1.807) is 7.11 Å². The van der Waals surface area contributed by atoms with Crippen molar-refractivity contribution in [3.63, 3.8) is 0 Å². The molecule has 0 aliphatic heterocycles. The minimum absolute atomic E-state index is 0.447. The summed E-state index contributed by atoms with van der Waals surface area (Å²) in [6, 6.07) is 8.69. The summed E-state index contributed by atoms with van der Waals surface area (Å²) in [5.41, 5.74) is 2.14. The van der Waals surface area contributed by atoms with Crippen molar-refractivity contribution in [2.24, 2.45) is 0 Å². The molecule has 0 amide bonds. The molecule has 0 unspecified atom stereocenters. The van der Waals surface area contributed by atoms with Crippen LogP contribution in [0.1, 0.15) is 18.7 Å². The number of H-pyrrole nitrogens is 1. The Bertz CT molecular complexity index is 469. The van der Waals surface area contributed by atoms with E-state index in [4.69, 9.17) is 4.74 Å². The van der Waals surface area contributed by atoms with Crippen molar-refractivity contribution in [2.45, 2.75) is 31.5 Å². The SMILES string of the molecule is COC1CC(NCc2nc3ccccc3[nH]2)C1. The average molecular weight is 231 g/mol. The number of aromatic amines is 1. The number of nitrogens with one attached hydrogen (secondary N) is 2. The van der Waals surface area contributed by atoms with E-state index in [0.29, 0.717) is 12.1 Å². The zero-order chi connectivity index (χ0) is 11.7. The van der Waals surface area contributed by atoms with Crippen LogP contribution in [0.5, 0.6) is 0 Å². The minimum Gasteiger partial charge on any atom is -0.381 e. The number of benzene rings is 1. The van der Waals surface area contributed by atoms with Crippen LogP contribution in [-0.2, 0) is 11.3 Å². The van der Waals surface area contributed by atoms with Crippen molar-refractivity contribution in [3.05, 3.63) is 30.1 Å². The van der Waals surface area contributed by atoms with E-state index in [2.05, 4.69) is 21.4 Å². The quantitative estimate of drug-likeness (QED) is 0.844. The predicted molar refractivity (Wildman–Crippen MR) is 66.8 cm³/mol. The number of hydrogen-bond acceptors (Lipinski definition) is 3. The lowest BCUT2D eigenvalue weighted by Gasteiger charge is -2.34. The maximum atomic E-state index is 5.25. The molecule has 1 heterocycles. The fourth-order valence-electron chi connectivity index (χ4n) is 2.26. The molecule has 2 N–H and O–H groups in total. The number of ether oxygens (including phenoxy) is 1. The third-order valence-corrected chi connectivity index (χ3v) is 3.42. The third kappa shape index (κ3) is 2.18. The van der Waals surface area contributed by atoms with Gasteiger partial charge in [0.15, 0.2) is 0 Å². The van der Waals surface area contributed by atoms with Gasteiger partial charge in [0, 0.05) is 13.2 Å². The zero-order valence-electron chi connectivity index (χ0n) is 9.94. The summed E-state index contributed by atoms with van der Waals surface area (Å²) in [5.74, 6) is 1.01. The molecule has 90 valence electrons. The second kappa shape index (κ2) is 4.47. The van der Waals surface area contributed by atoms with Gasteiger partial charge in [0.1, 0.15) is 5.82 Å². The number of fused-ring (bicyclic) bond motifs is 1. The van der Waals surface area contributed by atoms with Crippen LogP contribution in [0.2, 0.25) is 0 Å². The largest absolute Gasteiger partial charge is 0.381 e. The highest BCUT2D eigenvalue weighted by molar-refractivity contribution is 5.74. The van der Waals surface area contributed by atoms with Gasteiger partial charge in [0.25, 0.3) is 0 Å². The van der Waals surface area contributed by atoms with Crippen LogP contribution in [0.15, 0.2) is 24.3 Å². The lowest BCUT2D eigenvalue weighted by molar-refractivity contribution is 0.0168. The molecule has 4 heteroatoms. The maximum Gasteiger partial charge on any atom is 0.121 e. The Labute approximate surface area is 100 Å². The first kappa shape index (κ1) is 10.7. The van der Waals surface area contributed by atoms with Gasteiger partial charge in [-0.1, -0.05) is 12.1 Å². The van der Waals surface area contributed by atoms with E-state index in [0.717, 1.165) is 36.2 Å². The van der Waals surface area contributed by atoms with Gasteiger partial charge in [0.2, 0.25) is 0 Å². The van der Waals surface area contributed by atoms with Crippen molar-refractivity contribution in [3.8, 4) is 0 Å². The molecule has 1 aliphatic carbocycles. The number of para-hydroxylation sites is 2. The molecule has 0 atom stereocenters. The standard InChI is InChI=1S/C13H17N3O/c1-17-10-6-9(7-10)14-8-13-15-11-4-2-3-5-12(11)16-13/h2-5,9-10,14H,6-8H2,1H3,(H,15,16). The van der Waals surface area contributed by atoms with E-state index in [1.807, 2.05) is 18.2 Å². The number of imidazole rings is 1. The van der Waals surface area contributed by atoms with Crippen LogP contribution < -0.4 is 5.32 Å². The summed E-state index contributed by atoms with van der Waals surface area (Å²) in [6.07, 6.45) is 2.66. The highest BCUT2D eigenvalue weighted by atomic mass is 16.5. The highest BCUT2D eigenvalue weighted by Crippen LogP contribution is 2.22. The molecule has 0 bridgehead atoms. The minimum atomic E-state index is 0.447. The van der Waals surface area contributed by atoms with Crippen molar-refractivity contribution in [1.82, 2.24) is 15.3 Å². The van der Waals surface area contributed by atoms with E-state index in [1.165, 1.54) is 0 Å². The molecule has 1 aliphatic rings. The molecule has 2 aromatic rings. The lowest BCUT2D eigenvalue weighted by atomic mass is 9.89. The van der Waals surface area contributed by atoms with Gasteiger partial charge in [-0.15, -0.1) is 0 Å². The first-order valence-corrected chi connectivity index (χ1v) is 6.05. The molecule has 1 fully saturated rings. The fraction of sp³-hybridized carbons (Fsp3) is 0.462. The molecule has 1 saturated carbocycles. The van der Waals surface area contributed by atoms with Gasteiger partial charge >= 0.3 is 0 Å². The van der Waals surface area contributed by atoms with Crippen LogP contribution in [0.25, 0.3) is 11.0 Å². The fourth-order valence-corrected chi connectivity index (χ4v) is 2.26. The van der Waals surface area contributed by atoms with Crippen molar-refractivity contribution >= 4 is 11.0 Å². The molecule has 3 rings (SSSR count). The van der Waals surface area contributed by atoms with Gasteiger partial charge in [-0.25, -0.2) is 4.98 Å². The van der Waals surface area contributed by atoms with Crippen molar-refractivity contribution < 1.29 is 4.74 Å². The Morgan fingerprint density at radius 1 is 1.41 bits per heavy atom. The normalized spacial score (nSPS) is 23.8. The second-order valence-electron chi connectivity index (χ2n) is 4.61. The van der Waals surface area contributed by atoms with E-state index >= 15 is 0 Å². The van der Waals surface area contributed by atoms with E-state index in [9.17, 15) is 0 Å². The van der Waals surface area contributed by atoms with Crippen LogP contribution in [0.4, 0.5) is 0 Å². The van der Waals surface area contributed by atoms with Gasteiger partial charge in [-0.05, 0) is 25.0 Å². The molecule has 0 radical (unpaired) electrons. The van der Waals surface area contributed by atoms with Gasteiger partial charge in [0.05, 0.1) is 23.7 Å². The molecule has 1 aromatic heterocycles. The Morgan fingerprint density at radius 3 is 3.00 bits per heavy atom. The van der Waals surface area contributed by atoms with Crippen molar-refractivity contribution in [2.75, 3.05) is 7.11 Å². The van der Waals surface area contributed by atoms with E-state index < -0.39 is 0 Å². The predicted octanol–water partition coefficient (Wildman–Crippen LogP) is 1.83. The van der Waals surface area contributed by atoms with Gasteiger partial charge in [-0.2, -0.15) is 0 Å². The summed E-state index contributed by atoms with van der Waals surface area (Å²) in [4.78, 5) is 7.85. The topological polar surface area (TPSA) is 49.9 Å². The zero-order valence-corrected chi connectivity index (χ0v) is 9.94. The second-order valence-corrected chi connectivity index (χ2v) is 4.61. The van der Waals surface area contributed by atoms with Gasteiger partial charge in [-0.3, -0.25) is 0 Å². The maximum absolute atomic E-state index is 5.25. The number of methoxy groups -OCH3 is 1. The lowest BCUT2D eigenvalue weighted by Crippen LogP contribution is -2.44. The van der Waals surface area contributed by atoms with Crippen molar-refractivity contribution in [1.29, 1.82) is 0 Å². The first-order valence-electron chi connectivity index (χ1n) is 6.05. The summed E-state index contributed by atoms with van der Waals surface area (Å²) in [5, 5.41) is 3.49. The first-order chi connectivity index (χ1) is 8.35. The molecular weight excluding hydrogens is 214 g/mol. The van der Waals surface area contributed by atoms with Crippen LogP contribution in [0.3, 0.4) is 0 Å². The van der Waals surface area contributed by atoms with Crippen LogP contribution in [0, 0.1) is 0 Å². The van der Waals surface area contributed by atoms with Gasteiger partial charge < -0.3 is 15.0 Å². The van der Waals surface area contributed by atoms with E-state index in [-0.39, 0.29) is 0 Å². The van der Waals surface area contributed by atoms with Crippen LogP contribution in [-0.4, -0.2) is 29.2 Å². The Hall–Kier alpha value is -1.39. The Morgan fingerprint density at radius 2 is 2.24 bits per heavy atom. The molecule has 1 aromatic carbocycles. The number of hydrogen-bond donors (Lipinski definition) is 2. The highest BCUT2D eigenvalue weighted by Gasteiger charge is 2.28. The third-order valence-electron chi connectivity index (χ3n) is 3.42. The molecule has 17 heavy (non-hydrogen) atoms. The Balaban J connectivity index is 1.58. The number of nitrogens with zero attached hydrogens (tertiary/aromatic N) is 1. The smallest absolute Gasteiger partial charge is 0.121 e. The monoisotopic (exact) mass is 231 g/mol. The number of aromatic nitrogens is 2. The Kier molecular flexibility index (Phi) is 2.82. The molecule has 4 nitrogen and oxygen atoms in total. The molecular formula is C13H17N3O. The number of rotatable bonds is 4. The molecule has 0 saturated heterocycles. The summed E-state index contributed by atoms with van der Waals surface area (Å²) < 4.78 is 5.25. The molecule has 0 spiro atoms.